The van der Waals surface area contributed by atoms with Crippen molar-refractivity contribution in [3.63, 3.8) is 0 Å². The molecule has 15 heavy (non-hydrogen) atoms. The van der Waals surface area contributed by atoms with Crippen molar-refractivity contribution in [1.29, 1.82) is 0 Å². The molecule has 1 atom stereocenters. The van der Waals surface area contributed by atoms with Gasteiger partial charge in [0.1, 0.15) is 12.2 Å². The Hall–Kier alpha value is -1.39. The minimum absolute atomic E-state index is 0.0878. The Labute approximate surface area is 88.9 Å². The molecule has 82 valence electrons. The summed E-state index contributed by atoms with van der Waals surface area (Å²) in [6.45, 7) is 3.78. The summed E-state index contributed by atoms with van der Waals surface area (Å²) in [5, 5.41) is 6.98. The summed E-state index contributed by atoms with van der Waals surface area (Å²) in [7, 11) is 0. The van der Waals surface area contributed by atoms with E-state index in [1.54, 1.807) is 6.33 Å². The minimum atomic E-state index is 0.0878. The first-order chi connectivity index (χ1) is 7.31. The van der Waals surface area contributed by atoms with Gasteiger partial charge in [-0.05, 0) is 12.8 Å². The molecule has 0 radical (unpaired) electrons. The van der Waals surface area contributed by atoms with Crippen LogP contribution in [0.25, 0.3) is 0 Å². The highest BCUT2D eigenvalue weighted by Gasteiger charge is 2.25. The fraction of sp³-hybridized carbons (Fsp3) is 0.700. The largest absolute Gasteiger partial charge is 0.356 e. The van der Waals surface area contributed by atoms with Gasteiger partial charge in [0, 0.05) is 25.4 Å². The van der Waals surface area contributed by atoms with Crippen LogP contribution < -0.4 is 5.32 Å². The average molecular weight is 208 g/mol. The molecular weight excluding hydrogens is 192 g/mol. The topological polar surface area (TPSA) is 59.8 Å². The third-order valence-corrected chi connectivity index (χ3v) is 2.72. The fourth-order valence-electron chi connectivity index (χ4n) is 1.90. The van der Waals surface area contributed by atoms with Gasteiger partial charge in [-0.25, -0.2) is 4.98 Å². The summed E-state index contributed by atoms with van der Waals surface area (Å²) < 4.78 is 1.89. The molecule has 0 saturated carbocycles. The molecule has 0 spiro atoms. The number of aryl methyl sites for hydroxylation is 1. The Morgan fingerprint density at radius 2 is 2.53 bits per heavy atom. The molecule has 1 amide bonds. The Bertz CT molecular complexity index is 347. The van der Waals surface area contributed by atoms with E-state index in [2.05, 4.69) is 22.3 Å². The number of amides is 1. The predicted octanol–water partition coefficient (Wildman–Crippen LogP) is 0.367. The first kappa shape index (κ1) is 10.1. The molecule has 1 aliphatic rings. The number of nitrogens with zero attached hydrogens (tertiary/aromatic N) is 3. The molecule has 1 saturated heterocycles. The lowest BCUT2D eigenvalue weighted by molar-refractivity contribution is -0.122. The summed E-state index contributed by atoms with van der Waals surface area (Å²) in [6.07, 6.45) is 4.23. The molecule has 0 aliphatic carbocycles. The standard InChI is InChI=1S/C10H16N4O/c1-2-5-14-9(12-7-13-14)6-8-3-4-11-10(8)15/h7-8H,2-6H2,1H3,(H,11,15). The van der Waals surface area contributed by atoms with Gasteiger partial charge in [0.2, 0.25) is 5.91 Å². The predicted molar refractivity (Wildman–Crippen MR) is 55.1 cm³/mol. The number of aromatic nitrogens is 3. The van der Waals surface area contributed by atoms with Crippen LogP contribution >= 0.6 is 0 Å². The molecule has 2 heterocycles. The number of hydrogen-bond donors (Lipinski definition) is 1. The summed E-state index contributed by atoms with van der Waals surface area (Å²) in [5.74, 6) is 1.17. The van der Waals surface area contributed by atoms with Gasteiger partial charge in [0.15, 0.2) is 0 Å². The molecule has 0 bridgehead atoms. The summed E-state index contributed by atoms with van der Waals surface area (Å²) in [4.78, 5) is 15.6. The van der Waals surface area contributed by atoms with Gasteiger partial charge < -0.3 is 5.32 Å². The molecule has 5 heteroatoms. The van der Waals surface area contributed by atoms with E-state index in [1.807, 2.05) is 4.68 Å². The molecule has 0 aromatic carbocycles. The highest BCUT2D eigenvalue weighted by molar-refractivity contribution is 5.80. The number of carbonyl (C=O) groups is 1. The maximum Gasteiger partial charge on any atom is 0.223 e. The third-order valence-electron chi connectivity index (χ3n) is 2.72. The zero-order chi connectivity index (χ0) is 10.7. The molecule has 1 aromatic heterocycles. The van der Waals surface area contributed by atoms with Crippen LogP contribution in [0.2, 0.25) is 0 Å². The lowest BCUT2D eigenvalue weighted by Crippen LogP contribution is -2.21. The second kappa shape index (κ2) is 4.42. The Kier molecular flexibility index (Phi) is 2.99. The zero-order valence-corrected chi connectivity index (χ0v) is 8.94. The van der Waals surface area contributed by atoms with E-state index in [9.17, 15) is 4.79 Å². The normalized spacial score (nSPS) is 20.6. The van der Waals surface area contributed by atoms with E-state index in [0.29, 0.717) is 6.42 Å². The SMILES string of the molecule is CCCn1ncnc1CC1CCNC1=O. The number of hydrogen-bond acceptors (Lipinski definition) is 3. The van der Waals surface area contributed by atoms with Gasteiger partial charge in [-0.15, -0.1) is 0 Å². The quantitative estimate of drug-likeness (QED) is 0.777. The Balaban J connectivity index is 2.03. The van der Waals surface area contributed by atoms with Crippen LogP contribution in [-0.2, 0) is 17.8 Å². The van der Waals surface area contributed by atoms with Crippen molar-refractivity contribution in [2.24, 2.45) is 5.92 Å². The van der Waals surface area contributed by atoms with Crippen LogP contribution in [0.5, 0.6) is 0 Å². The highest BCUT2D eigenvalue weighted by Crippen LogP contribution is 2.14. The first-order valence-corrected chi connectivity index (χ1v) is 5.45. The van der Waals surface area contributed by atoms with Gasteiger partial charge in [-0.2, -0.15) is 5.10 Å². The van der Waals surface area contributed by atoms with Crippen molar-refractivity contribution in [2.45, 2.75) is 32.7 Å². The van der Waals surface area contributed by atoms with Crippen molar-refractivity contribution < 1.29 is 4.79 Å². The second-order valence-electron chi connectivity index (χ2n) is 3.88. The van der Waals surface area contributed by atoms with Crippen molar-refractivity contribution in [2.75, 3.05) is 6.54 Å². The van der Waals surface area contributed by atoms with E-state index in [1.165, 1.54) is 0 Å². The van der Waals surface area contributed by atoms with Crippen molar-refractivity contribution in [3.05, 3.63) is 12.2 Å². The first-order valence-electron chi connectivity index (χ1n) is 5.45. The lowest BCUT2D eigenvalue weighted by atomic mass is 10.0. The maximum absolute atomic E-state index is 11.4. The molecule has 1 unspecified atom stereocenters. The molecule has 1 aliphatic heterocycles. The summed E-state index contributed by atoms with van der Waals surface area (Å²) in [6, 6.07) is 0. The Morgan fingerprint density at radius 3 is 3.20 bits per heavy atom. The van der Waals surface area contributed by atoms with Crippen molar-refractivity contribution in [1.82, 2.24) is 20.1 Å². The van der Waals surface area contributed by atoms with E-state index >= 15 is 0 Å². The van der Waals surface area contributed by atoms with Crippen LogP contribution in [0.1, 0.15) is 25.6 Å². The van der Waals surface area contributed by atoms with Gasteiger partial charge in [-0.1, -0.05) is 6.92 Å². The summed E-state index contributed by atoms with van der Waals surface area (Å²) >= 11 is 0. The molecule has 1 fully saturated rings. The van der Waals surface area contributed by atoms with Crippen LogP contribution in [0.3, 0.4) is 0 Å². The van der Waals surface area contributed by atoms with Gasteiger partial charge in [-0.3, -0.25) is 9.48 Å². The smallest absolute Gasteiger partial charge is 0.223 e. The number of nitrogens with one attached hydrogen (secondary N) is 1. The van der Waals surface area contributed by atoms with Gasteiger partial charge in [0.05, 0.1) is 0 Å². The number of rotatable bonds is 4. The number of carbonyl (C=O) groups excluding carboxylic acids is 1. The zero-order valence-electron chi connectivity index (χ0n) is 8.94. The van der Waals surface area contributed by atoms with Gasteiger partial charge >= 0.3 is 0 Å². The molecule has 1 N–H and O–H groups in total. The monoisotopic (exact) mass is 208 g/mol. The van der Waals surface area contributed by atoms with Crippen LogP contribution in [0, 0.1) is 5.92 Å². The lowest BCUT2D eigenvalue weighted by Gasteiger charge is -2.07. The van der Waals surface area contributed by atoms with E-state index in [4.69, 9.17) is 0 Å². The van der Waals surface area contributed by atoms with E-state index in [0.717, 1.165) is 31.8 Å². The molecular formula is C10H16N4O. The van der Waals surface area contributed by atoms with E-state index in [-0.39, 0.29) is 11.8 Å². The van der Waals surface area contributed by atoms with Gasteiger partial charge in [0.25, 0.3) is 0 Å². The summed E-state index contributed by atoms with van der Waals surface area (Å²) in [5.41, 5.74) is 0. The van der Waals surface area contributed by atoms with Crippen molar-refractivity contribution >= 4 is 5.91 Å². The second-order valence-corrected chi connectivity index (χ2v) is 3.88. The molecule has 1 aromatic rings. The van der Waals surface area contributed by atoms with Crippen LogP contribution in [-0.4, -0.2) is 27.2 Å². The fourth-order valence-corrected chi connectivity index (χ4v) is 1.90. The minimum Gasteiger partial charge on any atom is -0.356 e. The van der Waals surface area contributed by atoms with Crippen molar-refractivity contribution in [3.8, 4) is 0 Å². The third kappa shape index (κ3) is 2.16. The van der Waals surface area contributed by atoms with Crippen LogP contribution in [0.4, 0.5) is 0 Å². The molecule has 2 rings (SSSR count). The Morgan fingerprint density at radius 1 is 1.67 bits per heavy atom. The average Bonchev–Trinajstić information content (AvgIpc) is 2.80. The maximum atomic E-state index is 11.4. The highest BCUT2D eigenvalue weighted by atomic mass is 16.2. The molecule has 5 nitrogen and oxygen atoms in total. The van der Waals surface area contributed by atoms with Crippen LogP contribution in [0.15, 0.2) is 6.33 Å². The van der Waals surface area contributed by atoms with E-state index < -0.39 is 0 Å².